The number of aromatic nitrogens is 3. The quantitative estimate of drug-likeness (QED) is 0.602. The van der Waals surface area contributed by atoms with E-state index in [0.29, 0.717) is 36.4 Å². The number of hydrogen-bond acceptors (Lipinski definition) is 8. The molecule has 9 nitrogen and oxygen atoms in total. The molecule has 2 aliphatic rings. The number of esters is 1. The van der Waals surface area contributed by atoms with Crippen LogP contribution >= 0.6 is 0 Å². The Kier molecular flexibility index (Phi) is 6.88. The SMILES string of the molecule is CCOC(=O)[C@]12CC(=CN)C(=Nc3ccc(F)cn3)C=C1CC[C@H](CS(=O)(=O)c1cnn(C)c1)C2. The number of aryl methyl sites for hydroxylation is 1. The van der Waals surface area contributed by atoms with Gasteiger partial charge in [-0.05, 0) is 68.5 Å². The average molecular weight is 502 g/mol. The van der Waals surface area contributed by atoms with Crippen LogP contribution in [-0.2, 0) is 26.4 Å². The number of halogens is 1. The van der Waals surface area contributed by atoms with E-state index < -0.39 is 27.0 Å². The molecule has 0 aromatic carbocycles. The molecule has 11 heteroatoms. The Morgan fingerprint density at radius 2 is 2.20 bits per heavy atom. The summed E-state index contributed by atoms with van der Waals surface area (Å²) in [6, 6.07) is 2.73. The maximum Gasteiger partial charge on any atom is 0.316 e. The highest BCUT2D eigenvalue weighted by Gasteiger charge is 2.50. The predicted molar refractivity (Wildman–Crippen MR) is 128 cm³/mol. The summed E-state index contributed by atoms with van der Waals surface area (Å²) < 4.78 is 46.2. The molecular weight excluding hydrogens is 473 g/mol. The molecule has 2 aliphatic carbocycles. The summed E-state index contributed by atoms with van der Waals surface area (Å²) in [5.74, 6) is -0.884. The number of ether oxygens (including phenoxy) is 1. The van der Waals surface area contributed by atoms with E-state index in [9.17, 15) is 17.6 Å². The zero-order chi connectivity index (χ0) is 25.2. The fourth-order valence-corrected chi connectivity index (χ4v) is 6.48. The lowest BCUT2D eigenvalue weighted by atomic mass is 9.61. The Balaban J connectivity index is 1.69. The molecule has 2 N–H and O–H groups in total. The highest BCUT2D eigenvalue weighted by atomic mass is 32.2. The number of carbonyl (C=O) groups excluding carboxylic acids is 1. The Hall–Kier alpha value is -3.34. The van der Waals surface area contributed by atoms with Crippen LogP contribution in [0.3, 0.4) is 0 Å². The van der Waals surface area contributed by atoms with Crippen molar-refractivity contribution in [2.24, 2.45) is 29.1 Å². The maximum atomic E-state index is 13.3. The minimum absolute atomic E-state index is 0.0880. The molecule has 0 bridgehead atoms. The second kappa shape index (κ2) is 9.73. The van der Waals surface area contributed by atoms with Gasteiger partial charge in [0.15, 0.2) is 15.7 Å². The standard InChI is InChI=1S/C24H28FN5O4S/c1-3-34-23(31)24-9-16(15-35(32,33)20-13-28-30(2)14-20)4-5-18(24)8-21(17(10-24)11-26)29-22-7-6-19(25)12-27-22/h6-8,11-14,16H,3-5,9-10,15,26H2,1-2H3/t16-,24+/m0/s1. The molecule has 2 heterocycles. The Labute approximate surface area is 203 Å². The van der Waals surface area contributed by atoms with Crippen LogP contribution in [0, 0.1) is 17.2 Å². The number of sulfone groups is 1. The van der Waals surface area contributed by atoms with Crippen LogP contribution in [0.2, 0.25) is 0 Å². The molecule has 0 unspecified atom stereocenters. The van der Waals surface area contributed by atoms with Crippen molar-refractivity contribution in [2.75, 3.05) is 12.4 Å². The summed E-state index contributed by atoms with van der Waals surface area (Å²) in [5, 5.41) is 3.97. The van der Waals surface area contributed by atoms with Crippen LogP contribution in [-0.4, -0.2) is 47.2 Å². The first-order valence-electron chi connectivity index (χ1n) is 11.4. The molecule has 0 aliphatic heterocycles. The third-order valence-electron chi connectivity index (χ3n) is 6.52. The lowest BCUT2D eigenvalue weighted by Gasteiger charge is -2.43. The number of nitrogens with two attached hydrogens (primary N) is 1. The molecule has 0 spiro atoms. The average Bonchev–Trinajstić information content (AvgIpc) is 3.27. The third kappa shape index (κ3) is 5.04. The van der Waals surface area contributed by atoms with Crippen molar-refractivity contribution in [3.8, 4) is 0 Å². The number of rotatable bonds is 6. The second-order valence-electron chi connectivity index (χ2n) is 8.91. The van der Waals surface area contributed by atoms with Gasteiger partial charge in [0.1, 0.15) is 10.7 Å². The van der Waals surface area contributed by atoms with Crippen LogP contribution in [0.5, 0.6) is 0 Å². The second-order valence-corrected chi connectivity index (χ2v) is 10.9. The summed E-state index contributed by atoms with van der Waals surface area (Å²) >= 11 is 0. The highest BCUT2D eigenvalue weighted by Crippen LogP contribution is 2.51. The summed E-state index contributed by atoms with van der Waals surface area (Å²) in [7, 11) is -1.91. The van der Waals surface area contributed by atoms with Crippen molar-refractivity contribution >= 4 is 27.3 Å². The summed E-state index contributed by atoms with van der Waals surface area (Å²) in [5.41, 5.74) is 6.90. The van der Waals surface area contributed by atoms with Crippen LogP contribution in [0.1, 0.15) is 32.6 Å². The van der Waals surface area contributed by atoms with Gasteiger partial charge in [-0.2, -0.15) is 5.10 Å². The fourth-order valence-electron chi connectivity index (χ4n) is 4.86. The Morgan fingerprint density at radius 3 is 2.83 bits per heavy atom. The summed E-state index contributed by atoms with van der Waals surface area (Å²) in [4.78, 5) is 22.0. The van der Waals surface area contributed by atoms with Crippen LogP contribution in [0.4, 0.5) is 10.2 Å². The molecule has 0 radical (unpaired) electrons. The monoisotopic (exact) mass is 501 g/mol. The third-order valence-corrected chi connectivity index (χ3v) is 8.35. The van der Waals surface area contributed by atoms with E-state index in [-0.39, 0.29) is 29.6 Å². The van der Waals surface area contributed by atoms with Gasteiger partial charge >= 0.3 is 5.97 Å². The van der Waals surface area contributed by atoms with Crippen LogP contribution in [0.25, 0.3) is 0 Å². The minimum atomic E-state index is -3.57. The van der Waals surface area contributed by atoms with E-state index in [1.54, 1.807) is 14.0 Å². The highest BCUT2D eigenvalue weighted by molar-refractivity contribution is 7.91. The van der Waals surface area contributed by atoms with E-state index >= 15 is 0 Å². The number of allylic oxidation sites excluding steroid dienone is 2. The van der Waals surface area contributed by atoms with E-state index in [4.69, 9.17) is 10.5 Å². The van der Waals surface area contributed by atoms with Gasteiger partial charge in [0, 0.05) is 13.2 Å². The smallest absolute Gasteiger partial charge is 0.316 e. The Bertz CT molecular complexity index is 1310. The predicted octanol–water partition coefficient (Wildman–Crippen LogP) is 3.02. The van der Waals surface area contributed by atoms with Crippen molar-refractivity contribution in [1.29, 1.82) is 0 Å². The maximum absolute atomic E-state index is 13.3. The zero-order valence-electron chi connectivity index (χ0n) is 19.6. The molecule has 1 fully saturated rings. The normalized spacial score (nSPS) is 24.8. The molecule has 4 rings (SSSR count). The summed E-state index contributed by atoms with van der Waals surface area (Å²) in [6.07, 6.45) is 8.77. The topological polar surface area (TPSA) is 130 Å². The number of aliphatic imine (C=N–C) groups is 1. The number of hydrogen-bond donors (Lipinski definition) is 1. The van der Waals surface area contributed by atoms with Crippen molar-refractivity contribution in [3.05, 3.63) is 60.0 Å². The van der Waals surface area contributed by atoms with Gasteiger partial charge in [0.2, 0.25) is 0 Å². The Morgan fingerprint density at radius 1 is 1.40 bits per heavy atom. The van der Waals surface area contributed by atoms with Crippen molar-refractivity contribution < 1.29 is 22.3 Å². The summed E-state index contributed by atoms with van der Waals surface area (Å²) in [6.45, 7) is 1.94. The lowest BCUT2D eigenvalue weighted by molar-refractivity contribution is -0.155. The van der Waals surface area contributed by atoms with Gasteiger partial charge in [-0.25, -0.2) is 22.8 Å². The van der Waals surface area contributed by atoms with E-state index in [1.165, 1.54) is 35.4 Å². The number of carbonyl (C=O) groups is 1. The molecule has 186 valence electrons. The molecule has 35 heavy (non-hydrogen) atoms. The largest absolute Gasteiger partial charge is 0.465 e. The van der Waals surface area contributed by atoms with Gasteiger partial charge in [-0.1, -0.05) is 5.57 Å². The molecule has 0 amide bonds. The van der Waals surface area contributed by atoms with E-state index in [2.05, 4.69) is 15.1 Å². The van der Waals surface area contributed by atoms with Crippen LogP contribution in [0.15, 0.2) is 64.0 Å². The molecule has 2 aromatic heterocycles. The van der Waals surface area contributed by atoms with Crippen LogP contribution < -0.4 is 5.73 Å². The first-order valence-corrected chi connectivity index (χ1v) is 13.0. The van der Waals surface area contributed by atoms with E-state index in [1.807, 2.05) is 6.08 Å². The number of pyridine rings is 1. The van der Waals surface area contributed by atoms with Gasteiger partial charge in [0.25, 0.3) is 0 Å². The molecule has 2 atom stereocenters. The van der Waals surface area contributed by atoms with Gasteiger partial charge in [-0.3, -0.25) is 9.48 Å². The number of fused-ring (bicyclic) bond motifs is 1. The van der Waals surface area contributed by atoms with Gasteiger partial charge < -0.3 is 10.5 Å². The fraction of sp³-hybridized carbons (Fsp3) is 0.417. The van der Waals surface area contributed by atoms with Gasteiger partial charge in [0.05, 0.1) is 35.9 Å². The van der Waals surface area contributed by atoms with Gasteiger partial charge in [-0.15, -0.1) is 0 Å². The van der Waals surface area contributed by atoms with Crippen molar-refractivity contribution in [2.45, 2.75) is 37.5 Å². The first-order chi connectivity index (χ1) is 16.7. The van der Waals surface area contributed by atoms with E-state index in [0.717, 1.165) is 11.8 Å². The first kappa shape index (κ1) is 24.8. The zero-order valence-corrected chi connectivity index (χ0v) is 20.5. The molecular formula is C24H28FN5O4S. The van der Waals surface area contributed by atoms with Crippen molar-refractivity contribution in [1.82, 2.24) is 14.8 Å². The van der Waals surface area contributed by atoms with Crippen molar-refractivity contribution in [3.63, 3.8) is 0 Å². The number of nitrogens with zero attached hydrogens (tertiary/aromatic N) is 4. The molecule has 2 aromatic rings. The molecule has 1 saturated carbocycles. The molecule has 0 saturated heterocycles. The lowest BCUT2D eigenvalue weighted by Crippen LogP contribution is -2.44. The minimum Gasteiger partial charge on any atom is -0.465 e.